The molecule has 33 heavy (non-hydrogen) atoms. The van der Waals surface area contributed by atoms with Crippen LogP contribution in [0.4, 0.5) is 13.2 Å². The van der Waals surface area contributed by atoms with Gasteiger partial charge in [-0.2, -0.15) is 18.3 Å². The van der Waals surface area contributed by atoms with Gasteiger partial charge in [-0.25, -0.2) is 13.1 Å². The molecule has 0 aliphatic carbocycles. The molecule has 0 N–H and O–H groups in total. The Hall–Kier alpha value is -2.81. The molecule has 0 spiro atoms. The molecule has 0 aliphatic rings. The number of aromatic nitrogens is 2. The van der Waals surface area contributed by atoms with E-state index in [2.05, 4.69) is 5.10 Å². The fourth-order valence-electron chi connectivity index (χ4n) is 3.40. The maximum Gasteiger partial charge on any atom is 0.435 e. The lowest BCUT2D eigenvalue weighted by molar-refractivity contribution is -0.140. The number of rotatable bonds is 4. The van der Waals surface area contributed by atoms with Crippen molar-refractivity contribution < 1.29 is 21.6 Å². The first-order valence-electron chi connectivity index (χ1n) is 9.48. The molecule has 1 heterocycles. The molecule has 0 saturated heterocycles. The lowest BCUT2D eigenvalue weighted by Gasteiger charge is -2.12. The van der Waals surface area contributed by atoms with E-state index in [0.29, 0.717) is 21.3 Å². The lowest BCUT2D eigenvalue weighted by atomic mass is 9.98. The van der Waals surface area contributed by atoms with Crippen molar-refractivity contribution in [3.63, 3.8) is 0 Å². The minimum Gasteiger partial charge on any atom is -0.232 e. The van der Waals surface area contributed by atoms with Crippen molar-refractivity contribution in [2.75, 3.05) is 6.26 Å². The monoisotopic (exact) mass is 510 g/mol. The van der Waals surface area contributed by atoms with Crippen molar-refractivity contribution >= 4 is 33.0 Å². The van der Waals surface area contributed by atoms with Crippen LogP contribution < -0.4 is 0 Å². The van der Waals surface area contributed by atoms with Crippen LogP contribution in [0.15, 0.2) is 77.7 Å². The first-order valence-corrected chi connectivity index (χ1v) is 12.1. The molecule has 0 fully saturated rings. The van der Waals surface area contributed by atoms with E-state index < -0.39 is 21.7 Å². The van der Waals surface area contributed by atoms with Gasteiger partial charge in [0.25, 0.3) is 0 Å². The molecule has 0 saturated carbocycles. The summed E-state index contributed by atoms with van der Waals surface area (Å²) in [4.78, 5) is 0.0490. The minimum atomic E-state index is -4.76. The number of alkyl halides is 3. The lowest BCUT2D eigenvalue weighted by Crippen LogP contribution is -2.08. The Labute approximate surface area is 198 Å². The second-order valence-electron chi connectivity index (χ2n) is 7.26. The van der Waals surface area contributed by atoms with Gasteiger partial charge in [0.1, 0.15) is 0 Å². The van der Waals surface area contributed by atoms with Gasteiger partial charge in [0.05, 0.1) is 16.3 Å². The highest BCUT2D eigenvalue weighted by Crippen LogP contribution is 2.43. The van der Waals surface area contributed by atoms with Gasteiger partial charge in [0.15, 0.2) is 15.5 Å². The number of nitrogens with zero attached hydrogens (tertiary/aromatic N) is 2. The van der Waals surface area contributed by atoms with Crippen molar-refractivity contribution in [3.05, 3.63) is 88.5 Å². The minimum absolute atomic E-state index is 0.0490. The second-order valence-corrected chi connectivity index (χ2v) is 10.2. The summed E-state index contributed by atoms with van der Waals surface area (Å²) in [6, 6.07) is 17.8. The van der Waals surface area contributed by atoms with Crippen molar-refractivity contribution in [1.82, 2.24) is 9.78 Å². The van der Waals surface area contributed by atoms with Crippen LogP contribution in [-0.4, -0.2) is 24.5 Å². The van der Waals surface area contributed by atoms with Gasteiger partial charge >= 0.3 is 6.18 Å². The van der Waals surface area contributed by atoms with Crippen molar-refractivity contribution in [1.29, 1.82) is 0 Å². The van der Waals surface area contributed by atoms with Crippen LogP contribution in [0.1, 0.15) is 5.69 Å². The van der Waals surface area contributed by atoms with E-state index in [1.807, 2.05) is 0 Å². The molecular formula is C23H15Cl2F3N2O2S. The third-order valence-electron chi connectivity index (χ3n) is 4.91. The molecule has 0 unspecified atom stereocenters. The average molecular weight is 511 g/mol. The van der Waals surface area contributed by atoms with Crippen LogP contribution in [0, 0.1) is 0 Å². The molecule has 0 atom stereocenters. The molecule has 1 aromatic heterocycles. The standard InChI is InChI=1S/C23H15Cl2F3N2O2S/c1-33(31,32)19-12-4-15(5-13-19)21-20(14-2-6-16(24)7-3-14)22(23(26,27)28)29-30(21)18-10-8-17(25)9-11-18/h2-13H,1H3. The molecule has 10 heteroatoms. The molecule has 0 aliphatic heterocycles. The van der Waals surface area contributed by atoms with E-state index >= 15 is 0 Å². The summed E-state index contributed by atoms with van der Waals surface area (Å²) in [7, 11) is -3.49. The zero-order valence-corrected chi connectivity index (χ0v) is 19.3. The summed E-state index contributed by atoms with van der Waals surface area (Å²) in [5.41, 5.74) is -0.123. The Bertz CT molecular complexity index is 1410. The first-order chi connectivity index (χ1) is 15.4. The van der Waals surface area contributed by atoms with Gasteiger partial charge < -0.3 is 0 Å². The molecule has 4 nitrogen and oxygen atoms in total. The predicted octanol–water partition coefficient (Wildman–Crippen LogP) is 6.94. The van der Waals surface area contributed by atoms with Crippen LogP contribution >= 0.6 is 23.2 Å². The molecular weight excluding hydrogens is 496 g/mol. The summed E-state index contributed by atoms with van der Waals surface area (Å²) < 4.78 is 67.3. The average Bonchev–Trinajstić information content (AvgIpc) is 3.15. The van der Waals surface area contributed by atoms with Crippen molar-refractivity contribution in [2.45, 2.75) is 11.1 Å². The quantitative estimate of drug-likeness (QED) is 0.299. The van der Waals surface area contributed by atoms with Gasteiger partial charge in [0.2, 0.25) is 0 Å². The van der Waals surface area contributed by atoms with E-state index in [1.54, 1.807) is 24.3 Å². The smallest absolute Gasteiger partial charge is 0.232 e. The molecule has 4 aromatic rings. The van der Waals surface area contributed by atoms with Crippen LogP contribution in [0.3, 0.4) is 0 Å². The third kappa shape index (κ3) is 4.78. The summed E-state index contributed by atoms with van der Waals surface area (Å²) in [6.07, 6.45) is -3.70. The summed E-state index contributed by atoms with van der Waals surface area (Å²) >= 11 is 11.9. The van der Waals surface area contributed by atoms with Crippen LogP contribution in [0.5, 0.6) is 0 Å². The molecule has 4 rings (SSSR count). The van der Waals surface area contributed by atoms with Crippen LogP contribution in [0.2, 0.25) is 10.0 Å². The topological polar surface area (TPSA) is 52.0 Å². The highest BCUT2D eigenvalue weighted by Gasteiger charge is 2.40. The first kappa shape index (κ1) is 23.4. The van der Waals surface area contributed by atoms with Gasteiger partial charge in [-0.05, 0) is 54.1 Å². The zero-order chi connectivity index (χ0) is 24.0. The van der Waals surface area contributed by atoms with E-state index in [4.69, 9.17) is 23.2 Å². The van der Waals surface area contributed by atoms with Gasteiger partial charge in [-0.15, -0.1) is 0 Å². The number of hydrogen-bond acceptors (Lipinski definition) is 3. The van der Waals surface area contributed by atoms with Gasteiger partial charge in [-0.1, -0.05) is 47.5 Å². The van der Waals surface area contributed by atoms with E-state index in [0.717, 1.165) is 6.26 Å². The van der Waals surface area contributed by atoms with Crippen molar-refractivity contribution in [2.24, 2.45) is 0 Å². The summed E-state index contributed by atoms with van der Waals surface area (Å²) in [5, 5.41) is 4.71. The molecule has 3 aromatic carbocycles. The maximum atomic E-state index is 14.1. The molecule has 0 radical (unpaired) electrons. The number of sulfone groups is 1. The fraction of sp³-hybridized carbons (Fsp3) is 0.0870. The number of benzene rings is 3. The fourth-order valence-corrected chi connectivity index (χ4v) is 4.28. The second kappa shape index (κ2) is 8.52. The number of halogens is 5. The zero-order valence-electron chi connectivity index (χ0n) is 16.9. The summed E-state index contributed by atoms with van der Waals surface area (Å²) in [5.74, 6) is 0. The van der Waals surface area contributed by atoms with E-state index in [1.165, 1.54) is 53.2 Å². The summed E-state index contributed by atoms with van der Waals surface area (Å²) in [6.45, 7) is 0. The van der Waals surface area contributed by atoms with Gasteiger partial charge in [0, 0.05) is 27.4 Å². The molecule has 170 valence electrons. The highest BCUT2D eigenvalue weighted by molar-refractivity contribution is 7.90. The molecule has 0 amide bonds. The Balaban J connectivity index is 2.07. The van der Waals surface area contributed by atoms with E-state index in [-0.39, 0.29) is 21.7 Å². The van der Waals surface area contributed by atoms with E-state index in [9.17, 15) is 21.6 Å². The van der Waals surface area contributed by atoms with Crippen LogP contribution in [-0.2, 0) is 16.0 Å². The largest absolute Gasteiger partial charge is 0.435 e. The van der Waals surface area contributed by atoms with Crippen LogP contribution in [0.25, 0.3) is 28.1 Å². The highest BCUT2D eigenvalue weighted by atomic mass is 35.5. The molecule has 0 bridgehead atoms. The Morgan fingerprint density at radius 3 is 1.76 bits per heavy atom. The van der Waals surface area contributed by atoms with Gasteiger partial charge in [-0.3, -0.25) is 0 Å². The SMILES string of the molecule is CS(=O)(=O)c1ccc(-c2c(-c3ccc(Cl)cc3)c(C(F)(F)F)nn2-c2ccc(Cl)cc2)cc1. The Kier molecular flexibility index (Phi) is 6.03. The Morgan fingerprint density at radius 1 is 0.788 bits per heavy atom. The maximum absolute atomic E-state index is 14.1. The van der Waals surface area contributed by atoms with Crippen molar-refractivity contribution in [3.8, 4) is 28.1 Å². The normalized spacial score (nSPS) is 12.2. The number of hydrogen-bond donors (Lipinski definition) is 0. The Morgan fingerprint density at radius 2 is 1.27 bits per heavy atom. The predicted molar refractivity (Wildman–Crippen MR) is 123 cm³/mol. The third-order valence-corrected chi connectivity index (χ3v) is 6.55.